The molecule has 3 heteroatoms. The first-order valence-corrected chi connectivity index (χ1v) is 5.99. The van der Waals surface area contributed by atoms with Gasteiger partial charge in [-0.15, -0.1) is 11.3 Å². The molecule has 0 bridgehead atoms. The molecule has 78 valence electrons. The van der Waals surface area contributed by atoms with Crippen molar-refractivity contribution in [1.82, 2.24) is 4.90 Å². The van der Waals surface area contributed by atoms with Crippen molar-refractivity contribution in [2.75, 3.05) is 13.6 Å². The van der Waals surface area contributed by atoms with Gasteiger partial charge in [-0.2, -0.15) is 0 Å². The molecule has 1 aliphatic rings. The van der Waals surface area contributed by atoms with Gasteiger partial charge >= 0.3 is 0 Å². The van der Waals surface area contributed by atoms with Crippen LogP contribution in [0.25, 0.3) is 10.1 Å². The molecule has 0 saturated carbocycles. The van der Waals surface area contributed by atoms with Crippen molar-refractivity contribution in [2.45, 2.75) is 13.0 Å². The van der Waals surface area contributed by atoms with Crippen molar-refractivity contribution in [1.29, 1.82) is 0 Å². The van der Waals surface area contributed by atoms with Crippen LogP contribution in [0.15, 0.2) is 17.5 Å². The predicted molar refractivity (Wildman–Crippen MR) is 61.8 cm³/mol. The number of benzene rings is 1. The molecular weight excluding hydrogens is 209 g/mol. The van der Waals surface area contributed by atoms with Crippen molar-refractivity contribution < 1.29 is 4.39 Å². The van der Waals surface area contributed by atoms with Crippen LogP contribution in [-0.2, 0) is 13.0 Å². The van der Waals surface area contributed by atoms with Gasteiger partial charge in [0.25, 0.3) is 0 Å². The number of halogens is 1. The first kappa shape index (κ1) is 9.31. The van der Waals surface area contributed by atoms with E-state index < -0.39 is 0 Å². The minimum atomic E-state index is -0.0745. The molecule has 1 nitrogen and oxygen atoms in total. The lowest BCUT2D eigenvalue weighted by Crippen LogP contribution is -2.18. The van der Waals surface area contributed by atoms with Crippen molar-refractivity contribution in [2.24, 2.45) is 0 Å². The number of hydrogen-bond acceptors (Lipinski definition) is 2. The lowest BCUT2D eigenvalue weighted by molar-refractivity contribution is 0.336. The van der Waals surface area contributed by atoms with Gasteiger partial charge in [-0.3, -0.25) is 0 Å². The molecule has 1 aromatic carbocycles. The Kier molecular flexibility index (Phi) is 2.04. The molecule has 0 spiro atoms. The molecule has 0 fully saturated rings. The molecule has 1 aromatic heterocycles. The Bertz CT molecular complexity index is 518. The normalized spacial score (nSPS) is 16.9. The molecule has 0 unspecified atom stereocenters. The van der Waals surface area contributed by atoms with Gasteiger partial charge in [0.2, 0.25) is 0 Å². The quantitative estimate of drug-likeness (QED) is 0.661. The van der Waals surface area contributed by atoms with Gasteiger partial charge in [0.15, 0.2) is 0 Å². The van der Waals surface area contributed by atoms with Crippen LogP contribution in [0.1, 0.15) is 11.1 Å². The van der Waals surface area contributed by atoms with Crippen molar-refractivity contribution in [3.63, 3.8) is 0 Å². The average molecular weight is 221 g/mol. The van der Waals surface area contributed by atoms with Crippen LogP contribution >= 0.6 is 11.3 Å². The van der Waals surface area contributed by atoms with E-state index in [2.05, 4.69) is 17.3 Å². The molecule has 2 heterocycles. The largest absolute Gasteiger partial charge is 0.302 e. The van der Waals surface area contributed by atoms with E-state index >= 15 is 0 Å². The van der Waals surface area contributed by atoms with Gasteiger partial charge in [0, 0.05) is 18.5 Å². The Morgan fingerprint density at radius 3 is 3.07 bits per heavy atom. The Hall–Kier alpha value is -0.930. The summed E-state index contributed by atoms with van der Waals surface area (Å²) in [7, 11) is 2.12. The summed E-state index contributed by atoms with van der Waals surface area (Å²) in [6, 6.07) is 3.52. The number of thiophene rings is 1. The molecule has 0 amide bonds. The summed E-state index contributed by atoms with van der Waals surface area (Å²) in [4.78, 5) is 2.29. The van der Waals surface area contributed by atoms with Crippen LogP contribution < -0.4 is 0 Å². The Morgan fingerprint density at radius 2 is 2.20 bits per heavy atom. The fraction of sp³-hybridized carbons (Fsp3) is 0.333. The summed E-state index contributed by atoms with van der Waals surface area (Å²) in [5, 5.41) is 3.28. The van der Waals surface area contributed by atoms with Crippen molar-refractivity contribution in [3.05, 3.63) is 34.5 Å². The minimum absolute atomic E-state index is 0.0745. The summed E-state index contributed by atoms with van der Waals surface area (Å²) in [6.45, 7) is 1.99. The third-order valence-corrected chi connectivity index (χ3v) is 4.08. The molecule has 15 heavy (non-hydrogen) atoms. The van der Waals surface area contributed by atoms with Crippen LogP contribution in [-0.4, -0.2) is 18.5 Å². The van der Waals surface area contributed by atoms with E-state index in [1.54, 1.807) is 6.07 Å². The number of nitrogens with zero attached hydrogens (tertiary/aromatic N) is 1. The van der Waals surface area contributed by atoms with Gasteiger partial charge in [0.1, 0.15) is 5.82 Å². The van der Waals surface area contributed by atoms with Gasteiger partial charge < -0.3 is 4.90 Å². The highest BCUT2D eigenvalue weighted by molar-refractivity contribution is 7.17. The first-order valence-electron chi connectivity index (χ1n) is 5.11. The molecule has 2 aromatic rings. The van der Waals surface area contributed by atoms with E-state index in [1.165, 1.54) is 27.8 Å². The highest BCUT2D eigenvalue weighted by Gasteiger charge is 2.17. The average Bonchev–Trinajstić information content (AvgIpc) is 2.57. The Morgan fingerprint density at radius 1 is 1.33 bits per heavy atom. The second kappa shape index (κ2) is 3.29. The summed E-state index contributed by atoms with van der Waals surface area (Å²) in [5.41, 5.74) is 2.58. The second-order valence-corrected chi connectivity index (χ2v) is 5.04. The fourth-order valence-corrected chi connectivity index (χ4v) is 3.31. The third-order valence-electron chi connectivity index (χ3n) is 3.04. The van der Waals surface area contributed by atoms with E-state index in [9.17, 15) is 4.39 Å². The molecule has 0 radical (unpaired) electrons. The number of rotatable bonds is 0. The van der Waals surface area contributed by atoms with Gasteiger partial charge in [0.05, 0.1) is 4.70 Å². The van der Waals surface area contributed by atoms with Gasteiger partial charge in [-0.25, -0.2) is 4.39 Å². The van der Waals surface area contributed by atoms with Crippen molar-refractivity contribution >= 4 is 21.4 Å². The summed E-state index contributed by atoms with van der Waals surface area (Å²) < 4.78 is 14.4. The van der Waals surface area contributed by atoms with Crippen molar-refractivity contribution in [3.8, 4) is 0 Å². The fourth-order valence-electron chi connectivity index (χ4n) is 2.25. The molecule has 1 aliphatic heterocycles. The molecule has 0 saturated heterocycles. The maximum absolute atomic E-state index is 13.6. The molecule has 0 atom stereocenters. The minimum Gasteiger partial charge on any atom is -0.302 e. The smallest absolute Gasteiger partial charge is 0.141 e. The zero-order chi connectivity index (χ0) is 10.4. The highest BCUT2D eigenvalue weighted by atomic mass is 32.1. The SMILES string of the molecule is CN1CCc2csc3c(F)ccc(c23)C1. The van der Waals surface area contributed by atoms with Crippen LogP contribution in [0.3, 0.4) is 0 Å². The van der Waals surface area contributed by atoms with E-state index in [4.69, 9.17) is 0 Å². The number of hydrogen-bond donors (Lipinski definition) is 0. The summed E-state index contributed by atoms with van der Waals surface area (Å²) in [6.07, 6.45) is 1.03. The van der Waals surface area contributed by atoms with Gasteiger partial charge in [-0.05, 0) is 36.0 Å². The van der Waals surface area contributed by atoms with Gasteiger partial charge in [-0.1, -0.05) is 6.07 Å². The van der Waals surface area contributed by atoms with E-state index in [0.717, 1.165) is 24.2 Å². The molecule has 0 aliphatic carbocycles. The van der Waals surface area contributed by atoms with Crippen LogP contribution in [0.2, 0.25) is 0 Å². The van der Waals surface area contributed by atoms with E-state index in [1.807, 2.05) is 6.07 Å². The predicted octanol–water partition coefficient (Wildman–Crippen LogP) is 3.03. The zero-order valence-corrected chi connectivity index (χ0v) is 9.40. The Balaban J connectivity index is 2.33. The Labute approximate surface area is 92.1 Å². The monoisotopic (exact) mass is 221 g/mol. The second-order valence-electron chi connectivity index (χ2n) is 4.16. The lowest BCUT2D eigenvalue weighted by Gasteiger charge is -2.13. The molecular formula is C12H12FNS. The van der Waals surface area contributed by atoms with E-state index in [-0.39, 0.29) is 5.82 Å². The number of likely N-dealkylation sites (N-methyl/N-ethyl adjacent to an activating group) is 1. The molecule has 3 rings (SSSR count). The maximum atomic E-state index is 13.6. The summed E-state index contributed by atoms with van der Waals surface area (Å²) in [5.74, 6) is -0.0745. The standard InChI is InChI=1S/C12H12FNS/c1-14-5-4-9-7-15-12-10(13)3-2-8(6-14)11(9)12/h2-3,7H,4-6H2,1H3. The van der Waals surface area contributed by atoms with Crippen LogP contribution in [0.4, 0.5) is 4.39 Å². The van der Waals surface area contributed by atoms with Crippen LogP contribution in [0, 0.1) is 5.82 Å². The highest BCUT2D eigenvalue weighted by Crippen LogP contribution is 2.33. The topological polar surface area (TPSA) is 3.24 Å². The van der Waals surface area contributed by atoms with Crippen LogP contribution in [0.5, 0.6) is 0 Å². The first-order chi connectivity index (χ1) is 7.25. The van der Waals surface area contributed by atoms with E-state index in [0.29, 0.717) is 0 Å². The molecule has 0 N–H and O–H groups in total. The third kappa shape index (κ3) is 1.38. The maximum Gasteiger partial charge on any atom is 0.141 e. The lowest BCUT2D eigenvalue weighted by atomic mass is 10.1. The summed E-state index contributed by atoms with van der Waals surface area (Å²) >= 11 is 1.54. The zero-order valence-electron chi connectivity index (χ0n) is 8.59.